The molecular formula is C21H21N5O4S. The third-order valence-electron chi connectivity index (χ3n) is 4.87. The van der Waals surface area contributed by atoms with Gasteiger partial charge in [0, 0.05) is 30.4 Å². The number of para-hydroxylation sites is 1. The van der Waals surface area contributed by atoms with Gasteiger partial charge in [-0.1, -0.05) is 18.2 Å². The Morgan fingerprint density at radius 1 is 1.29 bits per heavy atom. The van der Waals surface area contributed by atoms with Crippen LogP contribution in [-0.2, 0) is 14.3 Å². The van der Waals surface area contributed by atoms with Gasteiger partial charge in [0.25, 0.3) is 5.91 Å². The third-order valence-corrected chi connectivity index (χ3v) is 5.56. The van der Waals surface area contributed by atoms with E-state index in [2.05, 4.69) is 20.6 Å². The van der Waals surface area contributed by atoms with Crippen molar-refractivity contribution in [1.29, 1.82) is 0 Å². The van der Waals surface area contributed by atoms with E-state index in [0.717, 1.165) is 5.39 Å². The van der Waals surface area contributed by atoms with Crippen LogP contribution in [0.2, 0.25) is 0 Å². The van der Waals surface area contributed by atoms with Gasteiger partial charge in [0.1, 0.15) is 6.10 Å². The second kappa shape index (κ2) is 9.19. The van der Waals surface area contributed by atoms with Crippen LogP contribution in [0, 0.1) is 0 Å². The first-order valence-electron chi connectivity index (χ1n) is 9.75. The molecule has 2 N–H and O–H groups in total. The highest BCUT2D eigenvalue weighted by molar-refractivity contribution is 7.13. The maximum Gasteiger partial charge on any atom is 0.258 e. The smallest absolute Gasteiger partial charge is 0.258 e. The van der Waals surface area contributed by atoms with E-state index < -0.39 is 6.10 Å². The molecule has 0 unspecified atom stereocenters. The number of ether oxygens (including phenoxy) is 1. The van der Waals surface area contributed by atoms with Crippen molar-refractivity contribution in [2.75, 3.05) is 31.6 Å². The lowest BCUT2D eigenvalue weighted by atomic mass is 10.0. The number of carbonyl (C=O) groups excluding carboxylic acids is 3. The molecule has 160 valence electrons. The first-order valence-corrected chi connectivity index (χ1v) is 10.6. The van der Waals surface area contributed by atoms with Gasteiger partial charge in [-0.25, -0.2) is 9.97 Å². The Hall–Kier alpha value is -3.37. The lowest BCUT2D eigenvalue weighted by Crippen LogP contribution is -2.46. The molecule has 2 aromatic heterocycles. The van der Waals surface area contributed by atoms with E-state index in [9.17, 15) is 14.4 Å². The van der Waals surface area contributed by atoms with Crippen LogP contribution < -0.4 is 10.6 Å². The molecule has 1 aromatic carbocycles. The molecule has 4 rings (SSSR count). The summed E-state index contributed by atoms with van der Waals surface area (Å²) >= 11 is 1.34. The lowest BCUT2D eigenvalue weighted by molar-refractivity contribution is -0.139. The van der Waals surface area contributed by atoms with Crippen LogP contribution in [0.5, 0.6) is 0 Å². The minimum Gasteiger partial charge on any atom is -0.368 e. The van der Waals surface area contributed by atoms with Crippen molar-refractivity contribution in [3.8, 4) is 0 Å². The topological polar surface area (TPSA) is 114 Å². The largest absolute Gasteiger partial charge is 0.368 e. The van der Waals surface area contributed by atoms with Crippen LogP contribution in [0.3, 0.4) is 0 Å². The van der Waals surface area contributed by atoms with E-state index in [-0.39, 0.29) is 30.8 Å². The fourth-order valence-electron chi connectivity index (χ4n) is 3.36. The Labute approximate surface area is 182 Å². The molecule has 0 saturated carbocycles. The quantitative estimate of drug-likeness (QED) is 0.629. The van der Waals surface area contributed by atoms with E-state index in [0.29, 0.717) is 35.1 Å². The van der Waals surface area contributed by atoms with Gasteiger partial charge in [-0.15, -0.1) is 11.3 Å². The molecule has 0 radical (unpaired) electrons. The number of benzene rings is 1. The average Bonchev–Trinajstić information content (AvgIpc) is 3.29. The molecule has 1 saturated heterocycles. The summed E-state index contributed by atoms with van der Waals surface area (Å²) in [7, 11) is 0. The van der Waals surface area contributed by atoms with Crippen molar-refractivity contribution in [2.24, 2.45) is 0 Å². The molecule has 9 nitrogen and oxygen atoms in total. The molecule has 10 heteroatoms. The van der Waals surface area contributed by atoms with Crippen LogP contribution in [0.25, 0.3) is 10.9 Å². The summed E-state index contributed by atoms with van der Waals surface area (Å²) in [5.41, 5.74) is 1.69. The van der Waals surface area contributed by atoms with Gasteiger partial charge < -0.3 is 15.0 Å². The number of anilines is 1. The summed E-state index contributed by atoms with van der Waals surface area (Å²) in [6, 6.07) is 9.09. The number of pyridine rings is 1. The van der Waals surface area contributed by atoms with E-state index in [1.165, 1.54) is 18.3 Å². The fourth-order valence-corrected chi connectivity index (χ4v) is 3.89. The first-order chi connectivity index (χ1) is 15.0. The number of nitrogens with zero attached hydrogens (tertiary/aromatic N) is 3. The third kappa shape index (κ3) is 4.86. The number of thiazole rings is 1. The van der Waals surface area contributed by atoms with E-state index in [4.69, 9.17) is 4.74 Å². The zero-order chi connectivity index (χ0) is 21.8. The minimum atomic E-state index is -0.481. The van der Waals surface area contributed by atoms with Crippen molar-refractivity contribution < 1.29 is 19.1 Å². The van der Waals surface area contributed by atoms with Crippen LogP contribution in [0.4, 0.5) is 5.13 Å². The Kier molecular flexibility index (Phi) is 6.19. The number of rotatable bonds is 5. The van der Waals surface area contributed by atoms with Gasteiger partial charge >= 0.3 is 0 Å². The van der Waals surface area contributed by atoms with Crippen molar-refractivity contribution in [2.45, 2.75) is 13.0 Å². The minimum absolute atomic E-state index is 0.0608. The molecule has 1 atom stereocenters. The molecule has 31 heavy (non-hydrogen) atoms. The van der Waals surface area contributed by atoms with Crippen LogP contribution in [-0.4, -0.2) is 58.8 Å². The van der Waals surface area contributed by atoms with Gasteiger partial charge in [0.2, 0.25) is 11.8 Å². The number of carbonyl (C=O) groups is 3. The van der Waals surface area contributed by atoms with Gasteiger partial charge in [-0.05, 0) is 12.1 Å². The second-order valence-corrected chi connectivity index (χ2v) is 7.91. The van der Waals surface area contributed by atoms with Gasteiger partial charge in [-0.3, -0.25) is 19.7 Å². The maximum absolute atomic E-state index is 13.0. The number of hydrogen-bond acceptors (Lipinski definition) is 7. The Morgan fingerprint density at radius 2 is 2.13 bits per heavy atom. The molecule has 0 spiro atoms. The van der Waals surface area contributed by atoms with Crippen LogP contribution >= 0.6 is 11.3 Å². The molecule has 3 amide bonds. The zero-order valence-corrected chi connectivity index (χ0v) is 17.6. The number of morpholine rings is 1. The molecule has 1 aliphatic heterocycles. The van der Waals surface area contributed by atoms with E-state index >= 15 is 0 Å². The summed E-state index contributed by atoms with van der Waals surface area (Å²) in [4.78, 5) is 46.9. The summed E-state index contributed by atoms with van der Waals surface area (Å²) in [6.45, 7) is 2.37. The lowest BCUT2D eigenvalue weighted by Gasteiger charge is -2.33. The first kappa shape index (κ1) is 20.9. The summed E-state index contributed by atoms with van der Waals surface area (Å²) < 4.78 is 5.87. The number of amides is 3. The SMILES string of the molecule is CC(=O)NCC(=O)N1CCO[C@H](c2cc(C(=O)Nc3nccs3)c3ccccc3n2)C1. The van der Waals surface area contributed by atoms with Gasteiger partial charge in [-0.2, -0.15) is 0 Å². The number of aromatic nitrogens is 2. The van der Waals surface area contributed by atoms with Crippen LogP contribution in [0.15, 0.2) is 41.9 Å². The Balaban J connectivity index is 1.60. The molecule has 3 aromatic rings. The molecule has 0 aliphatic carbocycles. The van der Waals surface area contributed by atoms with Gasteiger partial charge in [0.05, 0.1) is 36.5 Å². The number of nitrogens with one attached hydrogen (secondary N) is 2. The van der Waals surface area contributed by atoms with E-state index in [1.807, 2.05) is 24.3 Å². The molecule has 0 bridgehead atoms. The van der Waals surface area contributed by atoms with Crippen molar-refractivity contribution in [1.82, 2.24) is 20.2 Å². The Bertz CT molecular complexity index is 1120. The Morgan fingerprint density at radius 3 is 2.90 bits per heavy atom. The fraction of sp³-hybridized carbons (Fsp3) is 0.286. The summed E-state index contributed by atoms with van der Waals surface area (Å²) in [5.74, 6) is -0.736. The normalized spacial score (nSPS) is 16.2. The molecule has 1 fully saturated rings. The predicted octanol–water partition coefficient (Wildman–Crippen LogP) is 1.98. The second-order valence-electron chi connectivity index (χ2n) is 7.01. The molecular weight excluding hydrogens is 418 g/mol. The zero-order valence-electron chi connectivity index (χ0n) is 16.8. The predicted molar refractivity (Wildman–Crippen MR) is 116 cm³/mol. The summed E-state index contributed by atoms with van der Waals surface area (Å²) in [6.07, 6.45) is 1.14. The maximum atomic E-state index is 13.0. The van der Waals surface area contributed by atoms with Crippen molar-refractivity contribution in [3.63, 3.8) is 0 Å². The van der Waals surface area contributed by atoms with Crippen LogP contribution in [0.1, 0.15) is 29.1 Å². The number of hydrogen-bond donors (Lipinski definition) is 2. The highest BCUT2D eigenvalue weighted by Crippen LogP contribution is 2.27. The standard InChI is InChI=1S/C21H21N5O4S/c1-13(27)23-11-19(28)26-7-8-30-18(12-26)17-10-15(14-4-2-3-5-16(14)24-17)20(29)25-21-22-6-9-31-21/h2-6,9-10,18H,7-8,11-12H2,1H3,(H,23,27)(H,22,25,29)/t18-/m0/s1. The van der Waals surface area contributed by atoms with Gasteiger partial charge in [0.15, 0.2) is 5.13 Å². The van der Waals surface area contributed by atoms with Crippen molar-refractivity contribution in [3.05, 3.63) is 53.2 Å². The summed E-state index contributed by atoms with van der Waals surface area (Å²) in [5, 5.41) is 8.35. The molecule has 1 aliphatic rings. The van der Waals surface area contributed by atoms with E-state index in [1.54, 1.807) is 22.5 Å². The monoisotopic (exact) mass is 439 g/mol. The average molecular weight is 439 g/mol. The molecule has 3 heterocycles. The van der Waals surface area contributed by atoms with Crippen molar-refractivity contribution >= 4 is 45.1 Å². The highest BCUT2D eigenvalue weighted by Gasteiger charge is 2.27. The number of fused-ring (bicyclic) bond motifs is 1. The highest BCUT2D eigenvalue weighted by atomic mass is 32.1.